The number of para-hydroxylation sites is 1. The molecule has 0 amide bonds. The third-order valence-corrected chi connectivity index (χ3v) is 4.68. The van der Waals surface area contributed by atoms with E-state index < -0.39 is 10.9 Å². The lowest BCUT2D eigenvalue weighted by molar-refractivity contribution is -0.384. The van der Waals surface area contributed by atoms with Gasteiger partial charge in [0.1, 0.15) is 12.4 Å². The van der Waals surface area contributed by atoms with Crippen LogP contribution in [0.1, 0.15) is 16.0 Å². The summed E-state index contributed by atoms with van der Waals surface area (Å²) in [5, 5.41) is 22.1. The first-order valence-electron chi connectivity index (χ1n) is 7.98. The molecule has 1 N–H and O–H groups in total. The van der Waals surface area contributed by atoms with E-state index >= 15 is 0 Å². The summed E-state index contributed by atoms with van der Waals surface area (Å²) in [7, 11) is 0. The van der Waals surface area contributed by atoms with Gasteiger partial charge in [-0.15, -0.1) is 11.3 Å². The number of hydrogen-bond donors (Lipinski definition) is 1. The minimum absolute atomic E-state index is 0.0177. The minimum atomic E-state index is -1.01. The number of aliphatic carboxylic acids is 1. The summed E-state index contributed by atoms with van der Waals surface area (Å²) in [6.07, 6.45) is 1.58. The fourth-order valence-corrected chi connectivity index (χ4v) is 3.17. The van der Waals surface area contributed by atoms with E-state index in [4.69, 9.17) is 4.74 Å². The third-order valence-electron chi connectivity index (χ3n) is 3.78. The van der Waals surface area contributed by atoms with Crippen molar-refractivity contribution in [1.29, 1.82) is 0 Å². The second kappa shape index (κ2) is 8.29. The second-order valence-electron chi connectivity index (χ2n) is 5.59. The lowest BCUT2D eigenvalue weighted by Gasteiger charge is -2.10. The van der Waals surface area contributed by atoms with Crippen LogP contribution < -0.4 is 4.74 Å². The number of carbonyl (C=O) groups is 1. The SMILES string of the molecule is O=C(O)/C(=C\c1ccccc1OCc1ccc([N+](=O)[O-])cc1)c1cccs1. The van der Waals surface area contributed by atoms with Crippen molar-refractivity contribution in [2.75, 3.05) is 0 Å². The molecule has 0 spiro atoms. The van der Waals surface area contributed by atoms with Gasteiger partial charge in [-0.25, -0.2) is 4.79 Å². The van der Waals surface area contributed by atoms with E-state index in [1.807, 2.05) is 5.38 Å². The second-order valence-corrected chi connectivity index (χ2v) is 6.54. The molecule has 0 unspecified atom stereocenters. The Morgan fingerprint density at radius 2 is 1.85 bits per heavy atom. The molecule has 0 aliphatic heterocycles. The van der Waals surface area contributed by atoms with E-state index in [9.17, 15) is 20.0 Å². The molecule has 0 radical (unpaired) electrons. The van der Waals surface area contributed by atoms with E-state index in [1.165, 1.54) is 23.5 Å². The van der Waals surface area contributed by atoms with Crippen molar-refractivity contribution in [1.82, 2.24) is 0 Å². The summed E-state index contributed by atoms with van der Waals surface area (Å²) < 4.78 is 5.82. The molecule has 1 aromatic heterocycles. The van der Waals surface area contributed by atoms with Gasteiger partial charge in [-0.2, -0.15) is 0 Å². The monoisotopic (exact) mass is 381 g/mol. The molecule has 136 valence electrons. The molecule has 3 rings (SSSR count). The number of ether oxygens (including phenoxy) is 1. The van der Waals surface area contributed by atoms with Crippen LogP contribution in [-0.2, 0) is 11.4 Å². The Morgan fingerprint density at radius 3 is 2.48 bits per heavy atom. The van der Waals surface area contributed by atoms with Gasteiger partial charge in [0, 0.05) is 22.6 Å². The van der Waals surface area contributed by atoms with E-state index in [0.717, 1.165) is 5.56 Å². The van der Waals surface area contributed by atoms with Crippen LogP contribution >= 0.6 is 11.3 Å². The lowest BCUT2D eigenvalue weighted by atomic mass is 10.1. The molecule has 27 heavy (non-hydrogen) atoms. The van der Waals surface area contributed by atoms with Crippen LogP contribution in [0.4, 0.5) is 5.69 Å². The average molecular weight is 381 g/mol. The molecular formula is C20H15NO5S. The van der Waals surface area contributed by atoms with Gasteiger partial charge in [-0.05, 0) is 41.3 Å². The minimum Gasteiger partial charge on any atom is -0.488 e. The number of carboxylic acid groups (broad SMARTS) is 1. The summed E-state index contributed by atoms with van der Waals surface area (Å²) in [5.41, 5.74) is 1.63. The molecule has 0 atom stereocenters. The molecule has 1 heterocycles. The van der Waals surface area contributed by atoms with Crippen molar-refractivity contribution < 1.29 is 19.6 Å². The zero-order chi connectivity index (χ0) is 19.2. The van der Waals surface area contributed by atoms with Crippen molar-refractivity contribution in [3.8, 4) is 5.75 Å². The first-order valence-corrected chi connectivity index (χ1v) is 8.86. The zero-order valence-electron chi connectivity index (χ0n) is 14.1. The standard InChI is InChI=1S/C20H15NO5S/c22-20(23)17(19-6-3-11-27-19)12-15-4-1-2-5-18(15)26-13-14-7-9-16(10-8-14)21(24)25/h1-12H,13H2,(H,22,23)/b17-12-. The third kappa shape index (κ3) is 4.59. The van der Waals surface area contributed by atoms with Gasteiger partial charge in [0.15, 0.2) is 0 Å². The maximum absolute atomic E-state index is 11.6. The van der Waals surface area contributed by atoms with Crippen LogP contribution in [0.15, 0.2) is 66.0 Å². The van der Waals surface area contributed by atoms with Crippen LogP contribution in [0, 0.1) is 10.1 Å². The quantitative estimate of drug-likeness (QED) is 0.359. The van der Waals surface area contributed by atoms with Gasteiger partial charge < -0.3 is 9.84 Å². The number of rotatable bonds is 7. The number of nitrogens with zero attached hydrogens (tertiary/aromatic N) is 1. The van der Waals surface area contributed by atoms with Gasteiger partial charge >= 0.3 is 5.97 Å². The molecular weight excluding hydrogens is 366 g/mol. The van der Waals surface area contributed by atoms with E-state index in [-0.39, 0.29) is 17.9 Å². The highest BCUT2D eigenvalue weighted by Gasteiger charge is 2.13. The predicted octanol–water partition coefficient (Wildman–Crippen LogP) is 4.86. The highest BCUT2D eigenvalue weighted by molar-refractivity contribution is 7.11. The van der Waals surface area contributed by atoms with E-state index in [0.29, 0.717) is 16.2 Å². The van der Waals surface area contributed by atoms with Crippen molar-refractivity contribution in [2.24, 2.45) is 0 Å². The maximum atomic E-state index is 11.6. The summed E-state index contributed by atoms with van der Waals surface area (Å²) >= 11 is 1.35. The molecule has 2 aromatic carbocycles. The molecule has 0 fully saturated rings. The van der Waals surface area contributed by atoms with Crippen molar-refractivity contribution in [2.45, 2.75) is 6.61 Å². The number of thiophene rings is 1. The van der Waals surface area contributed by atoms with Crippen molar-refractivity contribution >= 4 is 34.6 Å². The van der Waals surface area contributed by atoms with E-state index in [2.05, 4.69) is 0 Å². The molecule has 0 aliphatic carbocycles. The van der Waals surface area contributed by atoms with Crippen LogP contribution in [0.2, 0.25) is 0 Å². The van der Waals surface area contributed by atoms with Crippen molar-refractivity contribution in [3.05, 3.63) is 92.2 Å². The number of hydrogen-bond acceptors (Lipinski definition) is 5. The fourth-order valence-electron chi connectivity index (χ4n) is 2.43. The molecule has 0 saturated carbocycles. The van der Waals surface area contributed by atoms with Gasteiger partial charge in [-0.1, -0.05) is 24.3 Å². The molecule has 3 aromatic rings. The number of carboxylic acids is 1. The Hall–Kier alpha value is -3.45. The first kappa shape index (κ1) is 18.3. The van der Waals surface area contributed by atoms with Crippen LogP contribution in [-0.4, -0.2) is 16.0 Å². The predicted molar refractivity (Wildman–Crippen MR) is 104 cm³/mol. The normalized spacial score (nSPS) is 11.2. The number of nitro groups is 1. The fraction of sp³-hybridized carbons (Fsp3) is 0.0500. The van der Waals surface area contributed by atoms with Crippen LogP contribution in [0.3, 0.4) is 0 Å². The Morgan fingerprint density at radius 1 is 1.11 bits per heavy atom. The van der Waals surface area contributed by atoms with Gasteiger partial charge in [-0.3, -0.25) is 10.1 Å². The summed E-state index contributed by atoms with van der Waals surface area (Å²) in [5.74, 6) is -0.478. The zero-order valence-corrected chi connectivity index (χ0v) is 14.9. The number of non-ortho nitro benzene ring substituents is 1. The first-order chi connectivity index (χ1) is 13.0. The molecule has 6 nitrogen and oxygen atoms in total. The molecule has 0 saturated heterocycles. The Bertz CT molecular complexity index is 978. The maximum Gasteiger partial charge on any atom is 0.337 e. The number of benzene rings is 2. The topological polar surface area (TPSA) is 89.7 Å². The number of nitro benzene ring substituents is 1. The largest absolute Gasteiger partial charge is 0.488 e. The van der Waals surface area contributed by atoms with Crippen LogP contribution in [0.25, 0.3) is 11.6 Å². The average Bonchev–Trinajstić information content (AvgIpc) is 3.19. The van der Waals surface area contributed by atoms with Crippen molar-refractivity contribution in [3.63, 3.8) is 0 Å². The highest BCUT2D eigenvalue weighted by atomic mass is 32.1. The van der Waals surface area contributed by atoms with Crippen LogP contribution in [0.5, 0.6) is 5.75 Å². The highest BCUT2D eigenvalue weighted by Crippen LogP contribution is 2.28. The summed E-state index contributed by atoms with van der Waals surface area (Å²) in [6.45, 7) is 0.213. The Kier molecular flexibility index (Phi) is 5.63. The Labute approximate surface area is 159 Å². The van der Waals surface area contributed by atoms with Gasteiger partial charge in [0.2, 0.25) is 0 Å². The summed E-state index contributed by atoms with van der Waals surface area (Å²) in [6, 6.07) is 16.8. The molecule has 0 aliphatic rings. The van der Waals surface area contributed by atoms with E-state index in [1.54, 1.807) is 54.6 Å². The smallest absolute Gasteiger partial charge is 0.337 e. The lowest BCUT2D eigenvalue weighted by Crippen LogP contribution is -2.00. The van der Waals surface area contributed by atoms with Gasteiger partial charge in [0.25, 0.3) is 5.69 Å². The van der Waals surface area contributed by atoms with Gasteiger partial charge in [0.05, 0.1) is 10.5 Å². The summed E-state index contributed by atoms with van der Waals surface area (Å²) in [4.78, 5) is 22.5. The Balaban J connectivity index is 1.82. The molecule has 0 bridgehead atoms. The molecule has 7 heteroatoms.